The molecule has 0 aliphatic carbocycles. The summed E-state index contributed by atoms with van der Waals surface area (Å²) in [6, 6.07) is 11.7. The fourth-order valence-corrected chi connectivity index (χ4v) is 4.56. The minimum atomic E-state index is -0.482. The van der Waals surface area contributed by atoms with Crippen LogP contribution in [0.5, 0.6) is 0 Å². The van der Waals surface area contributed by atoms with Crippen LogP contribution >= 0.6 is 23.2 Å². The Balaban J connectivity index is 1.64. The highest BCUT2D eigenvalue weighted by atomic mass is 35.5. The second kappa shape index (κ2) is 7.48. The Bertz CT molecular complexity index is 1150. The summed E-state index contributed by atoms with van der Waals surface area (Å²) in [6.07, 6.45) is 0. The van der Waals surface area contributed by atoms with E-state index in [1.54, 1.807) is 25.1 Å². The van der Waals surface area contributed by atoms with Crippen molar-refractivity contribution < 1.29 is 0 Å². The van der Waals surface area contributed by atoms with Gasteiger partial charge in [-0.05, 0) is 48.0 Å². The number of likely N-dealkylation sites (N-methyl/N-ethyl adjacent to an activating group) is 1. The maximum absolute atomic E-state index is 11.9. The lowest BCUT2D eigenvalue weighted by atomic mass is 9.84. The lowest BCUT2D eigenvalue weighted by molar-refractivity contribution is 0.295. The van der Waals surface area contributed by atoms with E-state index in [2.05, 4.69) is 17.3 Å². The first-order chi connectivity index (χ1) is 13.8. The maximum atomic E-state index is 11.9. The zero-order valence-electron chi connectivity index (χ0n) is 16.4. The zero-order valence-corrected chi connectivity index (χ0v) is 17.9. The lowest BCUT2D eigenvalue weighted by Gasteiger charge is -2.33. The highest BCUT2D eigenvalue weighted by Crippen LogP contribution is 2.38. The third-order valence-electron chi connectivity index (χ3n) is 5.41. The van der Waals surface area contributed by atoms with Crippen LogP contribution in [0.4, 0.5) is 17.1 Å². The second-order valence-corrected chi connectivity index (χ2v) is 8.57. The molecule has 1 atom stereocenters. The van der Waals surface area contributed by atoms with Crippen LogP contribution in [0.25, 0.3) is 0 Å². The first kappa shape index (κ1) is 20.0. The molecule has 0 bridgehead atoms. The summed E-state index contributed by atoms with van der Waals surface area (Å²) in [5.41, 5.74) is 3.97. The Morgan fingerprint density at radius 2 is 1.76 bits per heavy atom. The molecule has 0 radical (unpaired) electrons. The molecule has 1 aliphatic heterocycles. The van der Waals surface area contributed by atoms with Crippen molar-refractivity contribution in [1.82, 2.24) is 4.90 Å². The van der Waals surface area contributed by atoms with Gasteiger partial charge in [0.05, 0.1) is 0 Å². The molecule has 0 amide bonds. The summed E-state index contributed by atoms with van der Waals surface area (Å²) in [5.74, 6) is 0.150. The summed E-state index contributed by atoms with van der Waals surface area (Å²) in [6.45, 7) is 1.65. The number of hydrogen-bond acceptors (Lipinski definition) is 5. The van der Waals surface area contributed by atoms with Gasteiger partial charge in [0.2, 0.25) is 0 Å². The van der Waals surface area contributed by atoms with E-state index in [0.29, 0.717) is 21.4 Å². The van der Waals surface area contributed by atoms with Crippen LogP contribution in [0.1, 0.15) is 22.6 Å². The average molecular weight is 430 g/mol. The summed E-state index contributed by atoms with van der Waals surface area (Å²) < 4.78 is 0. The topological polar surface area (TPSA) is 52.6 Å². The normalized spacial score (nSPS) is 16.7. The number of nitrogens with one attached hydrogen (secondary N) is 1. The molecule has 0 saturated heterocycles. The van der Waals surface area contributed by atoms with Gasteiger partial charge in [-0.25, -0.2) is 0 Å². The molecule has 3 aromatic carbocycles. The third kappa shape index (κ3) is 3.54. The first-order valence-corrected chi connectivity index (χ1v) is 10.1. The minimum absolute atomic E-state index is 0.150. The fraction of sp³-hybridized carbons (Fsp3) is 0.273. The molecule has 1 N–H and O–H groups in total. The van der Waals surface area contributed by atoms with E-state index < -0.39 is 10.9 Å². The molecule has 150 valence electrons. The van der Waals surface area contributed by atoms with Gasteiger partial charge < -0.3 is 15.1 Å². The van der Waals surface area contributed by atoms with Crippen LogP contribution in [-0.4, -0.2) is 32.6 Å². The molecule has 0 spiro atoms. The van der Waals surface area contributed by atoms with Gasteiger partial charge in [0.25, 0.3) is 10.9 Å². The van der Waals surface area contributed by atoms with Crippen molar-refractivity contribution >= 4 is 40.3 Å². The summed E-state index contributed by atoms with van der Waals surface area (Å²) >= 11 is 12.7. The van der Waals surface area contributed by atoms with Crippen LogP contribution < -0.4 is 21.1 Å². The van der Waals surface area contributed by atoms with E-state index in [1.807, 2.05) is 30.3 Å². The molecule has 3 aromatic rings. The molecule has 29 heavy (non-hydrogen) atoms. The van der Waals surface area contributed by atoms with E-state index in [4.69, 9.17) is 23.2 Å². The highest BCUT2D eigenvalue weighted by Gasteiger charge is 2.27. The molecule has 0 fully saturated rings. The standard InChI is InChI=1S/C22H21Cl2N3O2/c1-26(2)20-19(21(28)22(20)29)25-14-6-4-12(5-7-14)16-10-27(3)11-17-15(16)8-13(23)9-18(17)24/h4-9,16,25H,10-11H2,1-3H3/t16-/m0/s1. The molecule has 0 unspecified atom stereocenters. The molecule has 7 heteroatoms. The summed E-state index contributed by atoms with van der Waals surface area (Å²) in [5, 5.41) is 4.41. The van der Waals surface area contributed by atoms with E-state index in [9.17, 15) is 9.59 Å². The van der Waals surface area contributed by atoms with Gasteiger partial charge in [0, 0.05) is 48.8 Å². The van der Waals surface area contributed by atoms with Crippen molar-refractivity contribution in [3.05, 3.63) is 83.6 Å². The Morgan fingerprint density at radius 3 is 2.41 bits per heavy atom. The smallest absolute Gasteiger partial charge is 0.253 e. The Morgan fingerprint density at radius 1 is 1.07 bits per heavy atom. The number of halogens is 2. The largest absolute Gasteiger partial charge is 0.373 e. The molecule has 0 aromatic heterocycles. The minimum Gasteiger partial charge on any atom is -0.373 e. The molecule has 4 rings (SSSR count). The SMILES string of the molecule is CN1Cc2c(Cl)cc(Cl)cc2[C@H](c2ccc(Nc3c(N(C)C)c(=O)c3=O)cc2)C1. The quantitative estimate of drug-likeness (QED) is 0.635. The van der Waals surface area contributed by atoms with Gasteiger partial charge in [-0.2, -0.15) is 0 Å². The second-order valence-electron chi connectivity index (χ2n) is 7.73. The Hall–Kier alpha value is -2.34. The van der Waals surface area contributed by atoms with E-state index in [1.165, 1.54) is 0 Å². The average Bonchev–Trinajstić information content (AvgIpc) is 2.67. The molecule has 1 heterocycles. The van der Waals surface area contributed by atoms with Crippen LogP contribution in [0.2, 0.25) is 10.0 Å². The number of rotatable bonds is 4. The first-order valence-electron chi connectivity index (χ1n) is 9.30. The van der Waals surface area contributed by atoms with Gasteiger partial charge >= 0.3 is 0 Å². The van der Waals surface area contributed by atoms with Crippen LogP contribution in [-0.2, 0) is 6.54 Å². The van der Waals surface area contributed by atoms with Crippen molar-refractivity contribution in [3.8, 4) is 0 Å². The Labute approximate surface area is 179 Å². The number of hydrogen-bond donors (Lipinski definition) is 1. The van der Waals surface area contributed by atoms with Crippen molar-refractivity contribution in [3.63, 3.8) is 0 Å². The van der Waals surface area contributed by atoms with Gasteiger partial charge in [-0.1, -0.05) is 35.3 Å². The molecule has 5 nitrogen and oxygen atoms in total. The van der Waals surface area contributed by atoms with Gasteiger partial charge in [0.1, 0.15) is 11.4 Å². The van der Waals surface area contributed by atoms with Gasteiger partial charge in [-0.15, -0.1) is 0 Å². The zero-order chi connectivity index (χ0) is 20.9. The number of fused-ring (bicyclic) bond motifs is 1. The van der Waals surface area contributed by atoms with Crippen molar-refractivity contribution in [2.75, 3.05) is 37.9 Å². The number of nitrogens with zero attached hydrogens (tertiary/aromatic N) is 2. The van der Waals surface area contributed by atoms with Crippen LogP contribution in [0.3, 0.4) is 0 Å². The van der Waals surface area contributed by atoms with Crippen LogP contribution in [0, 0.1) is 0 Å². The predicted octanol–water partition coefficient (Wildman–Crippen LogP) is 3.98. The van der Waals surface area contributed by atoms with E-state index in [-0.39, 0.29) is 5.92 Å². The van der Waals surface area contributed by atoms with E-state index in [0.717, 1.165) is 35.5 Å². The van der Waals surface area contributed by atoms with Crippen molar-refractivity contribution in [1.29, 1.82) is 0 Å². The summed E-state index contributed by atoms with van der Waals surface area (Å²) in [4.78, 5) is 27.6. The molecular weight excluding hydrogens is 409 g/mol. The van der Waals surface area contributed by atoms with E-state index >= 15 is 0 Å². The number of benzene rings is 2. The monoisotopic (exact) mass is 429 g/mol. The van der Waals surface area contributed by atoms with Crippen molar-refractivity contribution in [2.45, 2.75) is 12.5 Å². The maximum Gasteiger partial charge on any atom is 0.253 e. The molecular formula is C22H21Cl2N3O2. The van der Waals surface area contributed by atoms with Gasteiger partial charge in [0.15, 0.2) is 0 Å². The van der Waals surface area contributed by atoms with Crippen molar-refractivity contribution in [2.24, 2.45) is 0 Å². The van der Waals surface area contributed by atoms with Gasteiger partial charge in [-0.3, -0.25) is 9.59 Å². The third-order valence-corrected chi connectivity index (χ3v) is 5.96. The lowest BCUT2D eigenvalue weighted by Crippen LogP contribution is -2.39. The van der Waals surface area contributed by atoms with Crippen LogP contribution in [0.15, 0.2) is 46.0 Å². The summed E-state index contributed by atoms with van der Waals surface area (Å²) in [7, 11) is 5.57. The highest BCUT2D eigenvalue weighted by molar-refractivity contribution is 6.35. The Kier molecular flexibility index (Phi) is 5.15. The molecule has 1 aliphatic rings. The predicted molar refractivity (Wildman–Crippen MR) is 120 cm³/mol. The number of anilines is 3. The molecule has 0 saturated carbocycles. The fourth-order valence-electron chi connectivity index (χ4n) is 4.00.